The van der Waals surface area contributed by atoms with Gasteiger partial charge in [0.25, 0.3) is 5.91 Å². The number of carbonyl (C=O) groups excluding carboxylic acids is 3. The van der Waals surface area contributed by atoms with Crippen LogP contribution in [0.25, 0.3) is 0 Å². The van der Waals surface area contributed by atoms with Crippen molar-refractivity contribution in [3.05, 3.63) is 66.2 Å². The van der Waals surface area contributed by atoms with Crippen LogP contribution in [0.15, 0.2) is 55.1 Å². The van der Waals surface area contributed by atoms with E-state index in [2.05, 4.69) is 11.9 Å². The fourth-order valence-electron chi connectivity index (χ4n) is 2.36. The summed E-state index contributed by atoms with van der Waals surface area (Å²) in [4.78, 5) is 34.7. The van der Waals surface area contributed by atoms with E-state index in [0.717, 1.165) is 5.56 Å². The third kappa shape index (κ3) is 6.69. The number of carbonyl (C=O) groups is 3. The molecule has 2 amide bonds. The molecule has 0 aliphatic carbocycles. The molecule has 0 unspecified atom stereocenters. The van der Waals surface area contributed by atoms with E-state index in [1.807, 2.05) is 6.07 Å². The Bertz CT molecular complexity index is 893. The highest BCUT2D eigenvalue weighted by molar-refractivity contribution is 5.95. The quantitative estimate of drug-likeness (QED) is 0.467. The monoisotopic (exact) mass is 398 g/mol. The van der Waals surface area contributed by atoms with E-state index in [1.54, 1.807) is 18.2 Å². The van der Waals surface area contributed by atoms with Gasteiger partial charge < -0.3 is 25.3 Å². The number of hydrogen-bond acceptors (Lipinski definition) is 6. The standard InChI is InChI=1S/C21H22N2O6/c1-3-4-14-5-10-17(18(11-14)27-2)28-13-20(25)29-12-19(24)23-16-8-6-15(7-9-16)21(22)26/h3,5-11H,1,4,12-13H2,2H3,(H2,22,26)(H,23,24). The molecule has 8 heteroatoms. The largest absolute Gasteiger partial charge is 0.493 e. The molecule has 0 spiro atoms. The number of ether oxygens (including phenoxy) is 3. The van der Waals surface area contributed by atoms with Gasteiger partial charge in [0.2, 0.25) is 5.91 Å². The molecule has 2 rings (SSSR count). The number of benzene rings is 2. The van der Waals surface area contributed by atoms with Gasteiger partial charge >= 0.3 is 5.97 Å². The Hall–Kier alpha value is -3.81. The first kappa shape index (κ1) is 21.5. The molecule has 3 N–H and O–H groups in total. The Morgan fingerprint density at radius 2 is 1.79 bits per heavy atom. The zero-order valence-electron chi connectivity index (χ0n) is 16.0. The second-order valence-electron chi connectivity index (χ2n) is 5.92. The van der Waals surface area contributed by atoms with Crippen molar-refractivity contribution < 1.29 is 28.6 Å². The molecule has 0 heterocycles. The van der Waals surface area contributed by atoms with Gasteiger partial charge in [-0.1, -0.05) is 12.1 Å². The maximum atomic E-state index is 11.9. The number of methoxy groups -OCH3 is 1. The van der Waals surface area contributed by atoms with Crippen molar-refractivity contribution in [3.8, 4) is 11.5 Å². The third-order valence-electron chi connectivity index (χ3n) is 3.77. The van der Waals surface area contributed by atoms with E-state index in [1.165, 1.54) is 31.4 Å². The molecule has 8 nitrogen and oxygen atoms in total. The second kappa shape index (κ2) is 10.5. The first-order chi connectivity index (χ1) is 13.9. The Kier molecular flexibility index (Phi) is 7.78. The lowest BCUT2D eigenvalue weighted by molar-refractivity contribution is -0.149. The number of nitrogens with two attached hydrogens (primary N) is 1. The van der Waals surface area contributed by atoms with E-state index in [0.29, 0.717) is 29.2 Å². The van der Waals surface area contributed by atoms with Crippen molar-refractivity contribution in [1.82, 2.24) is 0 Å². The molecule has 29 heavy (non-hydrogen) atoms. The Balaban J connectivity index is 1.80. The number of hydrogen-bond donors (Lipinski definition) is 2. The zero-order chi connectivity index (χ0) is 21.2. The summed E-state index contributed by atoms with van der Waals surface area (Å²) in [5.41, 5.74) is 6.90. The summed E-state index contributed by atoms with van der Waals surface area (Å²) in [7, 11) is 1.50. The summed E-state index contributed by atoms with van der Waals surface area (Å²) < 4.78 is 15.5. The Morgan fingerprint density at radius 1 is 1.07 bits per heavy atom. The normalized spacial score (nSPS) is 9.97. The lowest BCUT2D eigenvalue weighted by Gasteiger charge is -2.12. The van der Waals surface area contributed by atoms with Crippen LogP contribution in [0.2, 0.25) is 0 Å². The van der Waals surface area contributed by atoms with Crippen LogP contribution < -0.4 is 20.5 Å². The van der Waals surface area contributed by atoms with Gasteiger partial charge in [-0.25, -0.2) is 4.79 Å². The summed E-state index contributed by atoms with van der Waals surface area (Å²) >= 11 is 0. The summed E-state index contributed by atoms with van der Waals surface area (Å²) in [6, 6.07) is 11.3. The van der Waals surface area contributed by atoms with Gasteiger partial charge in [-0.2, -0.15) is 0 Å². The van der Waals surface area contributed by atoms with Gasteiger partial charge in [-0.05, 0) is 48.4 Å². The van der Waals surface area contributed by atoms with Crippen LogP contribution in [-0.2, 0) is 20.7 Å². The minimum Gasteiger partial charge on any atom is -0.493 e. The van der Waals surface area contributed by atoms with Crippen molar-refractivity contribution in [2.75, 3.05) is 25.6 Å². The number of esters is 1. The average Bonchev–Trinajstić information content (AvgIpc) is 2.71. The van der Waals surface area contributed by atoms with Crippen LogP contribution in [0, 0.1) is 0 Å². The van der Waals surface area contributed by atoms with Crippen molar-refractivity contribution >= 4 is 23.5 Å². The fourth-order valence-corrected chi connectivity index (χ4v) is 2.36. The first-order valence-corrected chi connectivity index (χ1v) is 8.69. The molecule has 0 aromatic heterocycles. The number of rotatable bonds is 10. The molecule has 152 valence electrons. The van der Waals surface area contributed by atoms with Gasteiger partial charge in [-0.3, -0.25) is 9.59 Å². The number of allylic oxidation sites excluding steroid dienone is 1. The topological polar surface area (TPSA) is 117 Å². The maximum Gasteiger partial charge on any atom is 0.344 e. The van der Waals surface area contributed by atoms with Crippen LogP contribution in [0.5, 0.6) is 11.5 Å². The van der Waals surface area contributed by atoms with Crippen molar-refractivity contribution in [2.24, 2.45) is 5.73 Å². The molecule has 0 bridgehead atoms. The van der Waals surface area contributed by atoms with Gasteiger partial charge in [0, 0.05) is 11.3 Å². The Morgan fingerprint density at radius 3 is 2.41 bits per heavy atom. The molecule has 0 aliphatic rings. The van der Waals surface area contributed by atoms with Crippen molar-refractivity contribution in [1.29, 1.82) is 0 Å². The average molecular weight is 398 g/mol. The van der Waals surface area contributed by atoms with Gasteiger partial charge in [0.1, 0.15) is 0 Å². The number of nitrogens with one attached hydrogen (secondary N) is 1. The molecule has 0 fully saturated rings. The highest BCUT2D eigenvalue weighted by Crippen LogP contribution is 2.28. The first-order valence-electron chi connectivity index (χ1n) is 8.69. The zero-order valence-corrected chi connectivity index (χ0v) is 16.0. The van der Waals surface area contributed by atoms with Gasteiger partial charge in [0.05, 0.1) is 7.11 Å². The highest BCUT2D eigenvalue weighted by Gasteiger charge is 2.12. The van der Waals surface area contributed by atoms with Crippen LogP contribution in [0.4, 0.5) is 5.69 Å². The van der Waals surface area contributed by atoms with E-state index in [4.69, 9.17) is 19.9 Å². The number of anilines is 1. The minimum atomic E-state index is -0.707. The van der Waals surface area contributed by atoms with E-state index < -0.39 is 24.4 Å². The third-order valence-corrected chi connectivity index (χ3v) is 3.77. The summed E-state index contributed by atoms with van der Waals surface area (Å²) in [6.07, 6.45) is 2.45. The molecule has 0 saturated heterocycles. The molecule has 2 aromatic rings. The molecule has 0 atom stereocenters. The van der Waals surface area contributed by atoms with Crippen LogP contribution in [0.3, 0.4) is 0 Å². The van der Waals surface area contributed by atoms with Crippen LogP contribution in [0.1, 0.15) is 15.9 Å². The summed E-state index contributed by atoms with van der Waals surface area (Å²) in [5, 5.41) is 2.54. The van der Waals surface area contributed by atoms with Gasteiger partial charge in [0.15, 0.2) is 24.7 Å². The molecule has 0 radical (unpaired) electrons. The SMILES string of the molecule is C=CCc1ccc(OCC(=O)OCC(=O)Nc2ccc(C(N)=O)cc2)c(OC)c1. The number of primary amides is 1. The second-order valence-corrected chi connectivity index (χ2v) is 5.92. The fraction of sp³-hybridized carbons (Fsp3) is 0.190. The van der Waals surface area contributed by atoms with Crippen molar-refractivity contribution in [2.45, 2.75) is 6.42 Å². The summed E-state index contributed by atoms with van der Waals surface area (Å²) in [5.74, 6) is -0.938. The number of amides is 2. The van der Waals surface area contributed by atoms with E-state index in [-0.39, 0.29) is 6.61 Å². The molecule has 0 saturated carbocycles. The predicted molar refractivity (Wildman–Crippen MR) is 107 cm³/mol. The highest BCUT2D eigenvalue weighted by atomic mass is 16.6. The van der Waals surface area contributed by atoms with Crippen LogP contribution >= 0.6 is 0 Å². The van der Waals surface area contributed by atoms with E-state index >= 15 is 0 Å². The molecular weight excluding hydrogens is 376 g/mol. The predicted octanol–water partition coefficient (Wildman–Crippen LogP) is 2.08. The molecule has 2 aromatic carbocycles. The smallest absolute Gasteiger partial charge is 0.344 e. The van der Waals surface area contributed by atoms with E-state index in [9.17, 15) is 14.4 Å². The lowest BCUT2D eigenvalue weighted by atomic mass is 10.1. The van der Waals surface area contributed by atoms with Crippen LogP contribution in [-0.4, -0.2) is 38.1 Å². The molecule has 0 aliphatic heterocycles. The Labute approximate surface area is 168 Å². The van der Waals surface area contributed by atoms with Crippen molar-refractivity contribution in [3.63, 3.8) is 0 Å². The lowest BCUT2D eigenvalue weighted by Crippen LogP contribution is -2.23. The molecular formula is C21H22N2O6. The maximum absolute atomic E-state index is 11.9. The minimum absolute atomic E-state index is 0.319. The summed E-state index contributed by atoms with van der Waals surface area (Å²) in [6.45, 7) is 2.83. The van der Waals surface area contributed by atoms with Gasteiger partial charge in [-0.15, -0.1) is 6.58 Å².